The summed E-state index contributed by atoms with van der Waals surface area (Å²) in [6.45, 7) is 0. The van der Waals surface area contributed by atoms with Crippen LogP contribution in [-0.4, -0.2) is 9.97 Å². The first-order chi connectivity index (χ1) is 8.33. The molecule has 3 rings (SSSR count). The quantitative estimate of drug-likeness (QED) is 0.690. The molecular weight excluding hydrogens is 235 g/mol. The molecule has 3 aromatic rings. The largest absolute Gasteiger partial charge is 0.238 e. The van der Waals surface area contributed by atoms with E-state index < -0.39 is 5.82 Å². The second-order valence-electron chi connectivity index (χ2n) is 3.75. The van der Waals surface area contributed by atoms with E-state index in [1.165, 1.54) is 28.0 Å². The second kappa shape index (κ2) is 4.22. The summed E-state index contributed by atoms with van der Waals surface area (Å²) in [7, 11) is 0. The summed E-state index contributed by atoms with van der Waals surface area (Å²) in [6, 6.07) is 8.22. The van der Waals surface area contributed by atoms with Crippen molar-refractivity contribution in [2.75, 3.05) is 0 Å². The summed E-state index contributed by atoms with van der Waals surface area (Å²) >= 11 is 1.71. The third-order valence-corrected chi connectivity index (χ3v) is 3.60. The van der Waals surface area contributed by atoms with Crippen molar-refractivity contribution >= 4 is 21.4 Å². The van der Waals surface area contributed by atoms with Crippen LogP contribution >= 0.6 is 11.3 Å². The number of thiophene rings is 1. The number of hydrogen-bond acceptors (Lipinski definition) is 3. The van der Waals surface area contributed by atoms with Crippen molar-refractivity contribution < 1.29 is 4.39 Å². The highest BCUT2D eigenvalue weighted by molar-refractivity contribution is 7.17. The molecule has 0 unspecified atom stereocenters. The standard InChI is InChI=1S/C13H9FN2S/c14-10-6-15-13(16-7-10)5-9-8-17-12-4-2-1-3-11(9)12/h1-4,6-8H,5H2. The van der Waals surface area contributed by atoms with Gasteiger partial charge in [-0.2, -0.15) is 0 Å². The van der Waals surface area contributed by atoms with Gasteiger partial charge < -0.3 is 0 Å². The Morgan fingerprint density at radius 3 is 2.71 bits per heavy atom. The molecule has 2 aromatic heterocycles. The lowest BCUT2D eigenvalue weighted by Crippen LogP contribution is -1.95. The first kappa shape index (κ1) is 10.4. The van der Waals surface area contributed by atoms with Gasteiger partial charge >= 0.3 is 0 Å². The molecule has 0 spiro atoms. The van der Waals surface area contributed by atoms with Crippen molar-refractivity contribution in [2.45, 2.75) is 6.42 Å². The normalized spacial score (nSPS) is 10.9. The first-order valence-electron chi connectivity index (χ1n) is 5.24. The van der Waals surface area contributed by atoms with Gasteiger partial charge in [-0.05, 0) is 22.4 Å². The van der Waals surface area contributed by atoms with Crippen LogP contribution in [0.4, 0.5) is 4.39 Å². The van der Waals surface area contributed by atoms with Gasteiger partial charge in [-0.25, -0.2) is 14.4 Å². The summed E-state index contributed by atoms with van der Waals surface area (Å²) in [5, 5.41) is 3.34. The summed E-state index contributed by atoms with van der Waals surface area (Å²) < 4.78 is 13.9. The maximum Gasteiger partial charge on any atom is 0.159 e. The summed E-state index contributed by atoms with van der Waals surface area (Å²) in [5.41, 5.74) is 1.19. The van der Waals surface area contributed by atoms with Gasteiger partial charge in [-0.1, -0.05) is 18.2 Å². The molecule has 1 aromatic carbocycles. The zero-order valence-electron chi connectivity index (χ0n) is 8.93. The van der Waals surface area contributed by atoms with Crippen LogP contribution < -0.4 is 0 Å². The Kier molecular flexibility index (Phi) is 2.57. The van der Waals surface area contributed by atoms with Crippen molar-refractivity contribution in [3.8, 4) is 0 Å². The molecule has 0 saturated carbocycles. The monoisotopic (exact) mass is 244 g/mol. The van der Waals surface area contributed by atoms with E-state index in [2.05, 4.69) is 27.5 Å². The Morgan fingerprint density at radius 1 is 1.12 bits per heavy atom. The highest BCUT2D eigenvalue weighted by Gasteiger charge is 2.06. The highest BCUT2D eigenvalue weighted by Crippen LogP contribution is 2.26. The predicted molar refractivity (Wildman–Crippen MR) is 66.6 cm³/mol. The fourth-order valence-electron chi connectivity index (χ4n) is 1.77. The lowest BCUT2D eigenvalue weighted by molar-refractivity contribution is 0.609. The molecule has 0 fully saturated rings. The molecule has 2 nitrogen and oxygen atoms in total. The number of fused-ring (bicyclic) bond motifs is 1. The van der Waals surface area contributed by atoms with Crippen LogP contribution in [0.2, 0.25) is 0 Å². The molecule has 0 aliphatic heterocycles. The zero-order valence-corrected chi connectivity index (χ0v) is 9.75. The van der Waals surface area contributed by atoms with E-state index in [0.717, 1.165) is 0 Å². The molecule has 0 bridgehead atoms. The van der Waals surface area contributed by atoms with Crippen LogP contribution in [0.15, 0.2) is 42.0 Å². The number of nitrogens with zero attached hydrogens (tertiary/aromatic N) is 2. The predicted octanol–water partition coefficient (Wildman–Crippen LogP) is 3.42. The Morgan fingerprint density at radius 2 is 1.88 bits per heavy atom. The molecule has 0 aliphatic carbocycles. The molecule has 0 atom stereocenters. The van der Waals surface area contributed by atoms with Gasteiger partial charge in [0.1, 0.15) is 5.82 Å². The van der Waals surface area contributed by atoms with Crippen molar-refractivity contribution in [2.24, 2.45) is 0 Å². The van der Waals surface area contributed by atoms with Crippen LogP contribution in [-0.2, 0) is 6.42 Å². The SMILES string of the molecule is Fc1cnc(Cc2csc3ccccc23)nc1. The number of hydrogen-bond donors (Lipinski definition) is 0. The fourth-order valence-corrected chi connectivity index (χ4v) is 2.73. The summed E-state index contributed by atoms with van der Waals surface area (Å²) in [5.74, 6) is 0.249. The topological polar surface area (TPSA) is 25.8 Å². The zero-order chi connectivity index (χ0) is 11.7. The molecule has 0 radical (unpaired) electrons. The third-order valence-electron chi connectivity index (χ3n) is 2.58. The summed E-state index contributed by atoms with van der Waals surface area (Å²) in [6.07, 6.45) is 3.05. The fraction of sp³-hybridized carbons (Fsp3) is 0.0769. The average molecular weight is 244 g/mol. The first-order valence-corrected chi connectivity index (χ1v) is 6.12. The van der Waals surface area contributed by atoms with Gasteiger partial charge in [0, 0.05) is 11.1 Å². The van der Waals surface area contributed by atoms with Gasteiger partial charge in [0.25, 0.3) is 0 Å². The van der Waals surface area contributed by atoms with Crippen molar-refractivity contribution in [3.05, 3.63) is 59.2 Å². The number of benzene rings is 1. The Bertz CT molecular complexity index is 646. The molecular formula is C13H9FN2S. The Labute approximate surface area is 102 Å². The van der Waals surface area contributed by atoms with Gasteiger partial charge in [0.2, 0.25) is 0 Å². The minimum atomic E-state index is -0.399. The minimum absolute atomic E-state index is 0.399. The van der Waals surface area contributed by atoms with Crippen LogP contribution in [0, 0.1) is 5.82 Å². The molecule has 0 saturated heterocycles. The Hall–Kier alpha value is -1.81. The maximum absolute atomic E-state index is 12.7. The average Bonchev–Trinajstić information content (AvgIpc) is 2.76. The molecule has 0 amide bonds. The maximum atomic E-state index is 12.7. The van der Waals surface area contributed by atoms with E-state index in [-0.39, 0.29) is 0 Å². The van der Waals surface area contributed by atoms with Crippen LogP contribution in [0.1, 0.15) is 11.4 Å². The lowest BCUT2D eigenvalue weighted by atomic mass is 10.1. The Balaban J connectivity index is 1.97. The third kappa shape index (κ3) is 2.03. The van der Waals surface area contributed by atoms with E-state index in [1.54, 1.807) is 11.3 Å². The molecule has 0 aliphatic rings. The summed E-state index contributed by atoms with van der Waals surface area (Å²) in [4.78, 5) is 7.96. The van der Waals surface area contributed by atoms with E-state index in [0.29, 0.717) is 12.2 Å². The van der Waals surface area contributed by atoms with Crippen LogP contribution in [0.5, 0.6) is 0 Å². The molecule has 4 heteroatoms. The highest BCUT2D eigenvalue weighted by atomic mass is 32.1. The minimum Gasteiger partial charge on any atom is -0.238 e. The second-order valence-corrected chi connectivity index (χ2v) is 4.66. The molecule has 84 valence electrons. The van der Waals surface area contributed by atoms with Crippen LogP contribution in [0.25, 0.3) is 10.1 Å². The smallest absolute Gasteiger partial charge is 0.159 e. The number of rotatable bonds is 2. The van der Waals surface area contributed by atoms with Gasteiger partial charge in [-0.15, -0.1) is 11.3 Å². The van der Waals surface area contributed by atoms with E-state index in [4.69, 9.17) is 0 Å². The van der Waals surface area contributed by atoms with Gasteiger partial charge in [-0.3, -0.25) is 0 Å². The van der Waals surface area contributed by atoms with E-state index >= 15 is 0 Å². The van der Waals surface area contributed by atoms with E-state index in [1.807, 2.05) is 12.1 Å². The van der Waals surface area contributed by atoms with Crippen molar-refractivity contribution in [1.82, 2.24) is 9.97 Å². The number of halogens is 1. The number of aromatic nitrogens is 2. The molecule has 17 heavy (non-hydrogen) atoms. The van der Waals surface area contributed by atoms with Gasteiger partial charge in [0.15, 0.2) is 5.82 Å². The van der Waals surface area contributed by atoms with Crippen molar-refractivity contribution in [3.63, 3.8) is 0 Å². The van der Waals surface area contributed by atoms with E-state index in [9.17, 15) is 4.39 Å². The van der Waals surface area contributed by atoms with Gasteiger partial charge in [0.05, 0.1) is 12.4 Å². The molecule has 2 heterocycles. The van der Waals surface area contributed by atoms with Crippen molar-refractivity contribution in [1.29, 1.82) is 0 Å². The van der Waals surface area contributed by atoms with Crippen LogP contribution in [0.3, 0.4) is 0 Å². The molecule has 0 N–H and O–H groups in total. The lowest BCUT2D eigenvalue weighted by Gasteiger charge is -1.98.